The Kier molecular flexibility index (Phi) is 4.50. The van der Waals surface area contributed by atoms with Crippen LogP contribution in [-0.2, 0) is 11.2 Å². The first-order chi connectivity index (χ1) is 9.04. The molecule has 0 amide bonds. The van der Waals surface area contributed by atoms with E-state index in [1.165, 1.54) is 11.8 Å². The van der Waals surface area contributed by atoms with Crippen LogP contribution in [-0.4, -0.2) is 16.2 Å². The largest absolute Gasteiger partial charge is 0.507 e. The van der Waals surface area contributed by atoms with E-state index in [0.29, 0.717) is 0 Å². The van der Waals surface area contributed by atoms with Gasteiger partial charge >= 0.3 is 5.97 Å². The van der Waals surface area contributed by atoms with Crippen molar-refractivity contribution in [1.29, 1.82) is 0 Å². The lowest BCUT2D eigenvalue weighted by molar-refractivity contribution is -0.136. The molecule has 0 saturated heterocycles. The van der Waals surface area contributed by atoms with Gasteiger partial charge in [0, 0.05) is 9.37 Å². The van der Waals surface area contributed by atoms with Gasteiger partial charge in [-0.15, -0.1) is 0 Å². The van der Waals surface area contributed by atoms with Crippen LogP contribution in [0, 0.1) is 0 Å². The van der Waals surface area contributed by atoms with Gasteiger partial charge in [0.15, 0.2) is 0 Å². The average molecular weight is 339 g/mol. The maximum absolute atomic E-state index is 10.6. The molecule has 0 aromatic heterocycles. The average Bonchev–Trinajstić information content (AvgIpc) is 2.34. The van der Waals surface area contributed by atoms with Gasteiger partial charge in [-0.3, -0.25) is 4.79 Å². The van der Waals surface area contributed by atoms with E-state index in [4.69, 9.17) is 5.11 Å². The predicted octanol–water partition coefficient (Wildman–Crippen LogP) is 3.93. The fourth-order valence-electron chi connectivity index (χ4n) is 1.55. The molecule has 5 heteroatoms. The summed E-state index contributed by atoms with van der Waals surface area (Å²) >= 11 is 4.72. The number of hydrogen-bond acceptors (Lipinski definition) is 3. The number of rotatable bonds is 4. The molecule has 0 heterocycles. The second-order valence-electron chi connectivity index (χ2n) is 3.93. The highest BCUT2D eigenvalue weighted by Gasteiger charge is 2.05. The van der Waals surface area contributed by atoms with Gasteiger partial charge in [0.2, 0.25) is 0 Å². The van der Waals surface area contributed by atoms with Gasteiger partial charge in [-0.1, -0.05) is 39.8 Å². The molecule has 0 atom stereocenters. The Morgan fingerprint density at radius 2 is 1.84 bits per heavy atom. The molecule has 0 aliphatic heterocycles. The fraction of sp³-hybridized carbons (Fsp3) is 0.0714. The zero-order valence-electron chi connectivity index (χ0n) is 9.84. The number of halogens is 1. The smallest absolute Gasteiger partial charge is 0.307 e. The van der Waals surface area contributed by atoms with Gasteiger partial charge in [0.05, 0.1) is 11.3 Å². The number of phenolic OH excluding ortho intramolecular Hbond substituents is 1. The lowest BCUT2D eigenvalue weighted by Gasteiger charge is -2.05. The van der Waals surface area contributed by atoms with Crippen molar-refractivity contribution in [2.45, 2.75) is 16.2 Å². The van der Waals surface area contributed by atoms with Crippen molar-refractivity contribution in [3.05, 3.63) is 52.5 Å². The zero-order chi connectivity index (χ0) is 13.8. The van der Waals surface area contributed by atoms with Crippen molar-refractivity contribution in [2.75, 3.05) is 0 Å². The van der Waals surface area contributed by atoms with Crippen LogP contribution in [0.5, 0.6) is 5.75 Å². The van der Waals surface area contributed by atoms with Crippen LogP contribution in [0.3, 0.4) is 0 Å². The van der Waals surface area contributed by atoms with Crippen molar-refractivity contribution < 1.29 is 15.0 Å². The molecular formula is C14H11BrO3S. The highest BCUT2D eigenvalue weighted by molar-refractivity contribution is 9.10. The quantitative estimate of drug-likeness (QED) is 0.886. The molecule has 0 saturated carbocycles. The summed E-state index contributed by atoms with van der Waals surface area (Å²) in [7, 11) is 0. The van der Waals surface area contributed by atoms with Gasteiger partial charge in [-0.2, -0.15) is 0 Å². The molecule has 2 aromatic rings. The summed E-state index contributed by atoms with van der Waals surface area (Å²) in [5.74, 6) is -0.625. The number of carboxylic acid groups (broad SMARTS) is 1. The maximum atomic E-state index is 10.6. The zero-order valence-corrected chi connectivity index (χ0v) is 12.2. The monoisotopic (exact) mass is 338 g/mol. The lowest BCUT2D eigenvalue weighted by Crippen LogP contribution is -1.99. The Labute approximate surface area is 123 Å². The highest BCUT2D eigenvalue weighted by atomic mass is 79.9. The molecule has 0 radical (unpaired) electrons. The second kappa shape index (κ2) is 6.12. The van der Waals surface area contributed by atoms with Gasteiger partial charge in [0.25, 0.3) is 0 Å². The van der Waals surface area contributed by atoms with Crippen molar-refractivity contribution in [1.82, 2.24) is 0 Å². The third-order valence-electron chi connectivity index (χ3n) is 2.43. The molecule has 98 valence electrons. The summed E-state index contributed by atoms with van der Waals surface area (Å²) < 4.78 is 0.825. The first-order valence-corrected chi connectivity index (χ1v) is 7.12. The van der Waals surface area contributed by atoms with E-state index in [1.54, 1.807) is 18.2 Å². The second-order valence-corrected chi connectivity index (χ2v) is 5.96. The summed E-state index contributed by atoms with van der Waals surface area (Å²) in [6, 6.07) is 12.6. The Morgan fingerprint density at radius 3 is 2.42 bits per heavy atom. The number of phenols is 1. The van der Waals surface area contributed by atoms with Crippen molar-refractivity contribution in [2.24, 2.45) is 0 Å². The molecule has 2 aromatic carbocycles. The molecule has 3 nitrogen and oxygen atoms in total. The Morgan fingerprint density at radius 1 is 1.16 bits per heavy atom. The first kappa shape index (κ1) is 14.0. The van der Waals surface area contributed by atoms with Crippen LogP contribution < -0.4 is 0 Å². The minimum absolute atomic E-state index is 0.0223. The molecule has 0 unspecified atom stereocenters. The topological polar surface area (TPSA) is 57.5 Å². The summed E-state index contributed by atoms with van der Waals surface area (Å²) in [5, 5.41) is 18.5. The molecule has 0 aliphatic carbocycles. The summed E-state index contributed by atoms with van der Waals surface area (Å²) in [5.41, 5.74) is 0.761. The Balaban J connectivity index is 2.13. The number of hydrogen-bond donors (Lipinski definition) is 2. The normalized spacial score (nSPS) is 10.4. The van der Waals surface area contributed by atoms with Crippen molar-refractivity contribution in [3.8, 4) is 5.75 Å². The summed E-state index contributed by atoms with van der Waals surface area (Å²) in [6.45, 7) is 0. The standard InChI is InChI=1S/C14H11BrO3S/c15-10-3-6-13(12(16)8-10)19-11-4-1-9(2-5-11)7-14(17)18/h1-6,8,16H,7H2,(H,17,18). The van der Waals surface area contributed by atoms with Crippen LogP contribution in [0.2, 0.25) is 0 Å². The SMILES string of the molecule is O=C(O)Cc1ccc(Sc2ccc(Br)cc2O)cc1. The molecule has 0 fully saturated rings. The van der Waals surface area contributed by atoms with E-state index in [2.05, 4.69) is 15.9 Å². The predicted molar refractivity (Wildman–Crippen MR) is 77.7 cm³/mol. The number of benzene rings is 2. The van der Waals surface area contributed by atoms with Gasteiger partial charge in [-0.25, -0.2) is 0 Å². The molecule has 2 N–H and O–H groups in total. The van der Waals surface area contributed by atoms with Crippen molar-refractivity contribution in [3.63, 3.8) is 0 Å². The molecule has 0 spiro atoms. The van der Waals surface area contributed by atoms with Crippen molar-refractivity contribution >= 4 is 33.7 Å². The molecule has 19 heavy (non-hydrogen) atoms. The first-order valence-electron chi connectivity index (χ1n) is 5.52. The third-order valence-corrected chi connectivity index (χ3v) is 3.99. The van der Waals surface area contributed by atoms with E-state index in [9.17, 15) is 9.90 Å². The molecule has 0 aliphatic rings. The van der Waals surface area contributed by atoms with Crippen LogP contribution in [0.15, 0.2) is 56.7 Å². The number of carbonyl (C=O) groups is 1. The summed E-state index contributed by atoms with van der Waals surface area (Å²) in [4.78, 5) is 12.3. The van der Waals surface area contributed by atoms with E-state index >= 15 is 0 Å². The molecule has 0 bridgehead atoms. The van der Waals surface area contributed by atoms with E-state index in [1.807, 2.05) is 24.3 Å². The van der Waals surface area contributed by atoms with Gasteiger partial charge in [-0.05, 0) is 35.9 Å². The van der Waals surface area contributed by atoms with Crippen LogP contribution in [0.1, 0.15) is 5.56 Å². The number of aliphatic carboxylic acids is 1. The Hall–Kier alpha value is -1.46. The van der Waals surface area contributed by atoms with Gasteiger partial charge in [0.1, 0.15) is 5.75 Å². The molecular weight excluding hydrogens is 328 g/mol. The summed E-state index contributed by atoms with van der Waals surface area (Å²) in [6.07, 6.45) is 0.0223. The van der Waals surface area contributed by atoms with Gasteiger partial charge < -0.3 is 10.2 Å². The number of aromatic hydroxyl groups is 1. The highest BCUT2D eigenvalue weighted by Crippen LogP contribution is 2.35. The minimum Gasteiger partial charge on any atom is -0.507 e. The van der Waals surface area contributed by atoms with Crippen LogP contribution >= 0.6 is 27.7 Å². The Bertz CT molecular complexity index is 596. The van der Waals surface area contributed by atoms with E-state index < -0.39 is 5.97 Å². The number of carboxylic acids is 1. The lowest BCUT2D eigenvalue weighted by atomic mass is 10.2. The fourth-order valence-corrected chi connectivity index (χ4v) is 2.73. The van der Waals surface area contributed by atoms with Crippen LogP contribution in [0.25, 0.3) is 0 Å². The van der Waals surface area contributed by atoms with Crippen LogP contribution in [0.4, 0.5) is 0 Å². The molecule has 2 rings (SSSR count). The van der Waals surface area contributed by atoms with E-state index in [0.717, 1.165) is 19.8 Å². The maximum Gasteiger partial charge on any atom is 0.307 e. The van der Waals surface area contributed by atoms with E-state index in [-0.39, 0.29) is 12.2 Å². The minimum atomic E-state index is -0.842. The third kappa shape index (κ3) is 4.01.